The number of rotatable bonds is 0. The number of ether oxygens (including phenoxy) is 1. The van der Waals surface area contributed by atoms with Gasteiger partial charge in [-0.1, -0.05) is 0 Å². The van der Waals surface area contributed by atoms with Crippen LogP contribution in [0, 0.1) is 0 Å². The van der Waals surface area contributed by atoms with Crippen LogP contribution in [0.3, 0.4) is 0 Å². The van der Waals surface area contributed by atoms with Crippen LogP contribution in [0.1, 0.15) is 13.3 Å². The molecule has 0 aliphatic carbocycles. The lowest BCUT2D eigenvalue weighted by Crippen LogP contribution is -2.60. The van der Waals surface area contributed by atoms with Gasteiger partial charge in [-0.2, -0.15) is 0 Å². The van der Waals surface area contributed by atoms with E-state index in [1.165, 1.54) is 0 Å². The van der Waals surface area contributed by atoms with E-state index in [1.54, 1.807) is 0 Å². The maximum atomic E-state index is 11.7. The van der Waals surface area contributed by atoms with Gasteiger partial charge in [-0.15, -0.1) is 0 Å². The van der Waals surface area contributed by atoms with Crippen molar-refractivity contribution >= 4 is 9.84 Å². The fourth-order valence-corrected chi connectivity index (χ4v) is 4.20. The van der Waals surface area contributed by atoms with Gasteiger partial charge in [0.25, 0.3) is 0 Å². The highest BCUT2D eigenvalue weighted by Crippen LogP contribution is 2.21. The molecule has 3 atom stereocenters. The van der Waals surface area contributed by atoms with E-state index in [-0.39, 0.29) is 23.1 Å². The summed E-state index contributed by atoms with van der Waals surface area (Å²) >= 11 is 0. The van der Waals surface area contributed by atoms with Gasteiger partial charge in [-0.25, -0.2) is 8.42 Å². The number of hydrogen-bond acceptors (Lipinski definition) is 4. The molecule has 13 heavy (non-hydrogen) atoms. The van der Waals surface area contributed by atoms with Crippen molar-refractivity contribution in [2.75, 3.05) is 19.0 Å². The number of sulfone groups is 1. The van der Waals surface area contributed by atoms with Gasteiger partial charge in [0, 0.05) is 18.7 Å². The van der Waals surface area contributed by atoms with Gasteiger partial charge < -0.3 is 10.1 Å². The number of fused-ring (bicyclic) bond motifs is 1. The Labute approximate surface area is 78.6 Å². The predicted octanol–water partition coefficient (Wildman–Crippen LogP) is -0.450. The number of hydrogen-bond donors (Lipinski definition) is 1. The van der Waals surface area contributed by atoms with Crippen molar-refractivity contribution in [3.05, 3.63) is 0 Å². The fourth-order valence-electron chi connectivity index (χ4n) is 2.14. The molecule has 2 heterocycles. The van der Waals surface area contributed by atoms with Gasteiger partial charge in [0.15, 0.2) is 9.84 Å². The summed E-state index contributed by atoms with van der Waals surface area (Å²) in [7, 11) is -2.92. The summed E-state index contributed by atoms with van der Waals surface area (Å²) in [6.45, 7) is 2.96. The van der Waals surface area contributed by atoms with Crippen LogP contribution in [0.5, 0.6) is 0 Å². The molecular weight excluding hydrogens is 190 g/mol. The summed E-state index contributed by atoms with van der Waals surface area (Å²) in [6, 6.07) is 0.201. The smallest absolute Gasteiger partial charge is 0.158 e. The lowest BCUT2D eigenvalue weighted by atomic mass is 10.1. The second kappa shape index (κ2) is 3.22. The molecule has 4 nitrogen and oxygen atoms in total. The summed E-state index contributed by atoms with van der Waals surface area (Å²) in [5.74, 6) is 0.248. The van der Waals surface area contributed by atoms with Crippen LogP contribution < -0.4 is 5.32 Å². The first kappa shape index (κ1) is 9.43. The zero-order valence-corrected chi connectivity index (χ0v) is 8.51. The lowest BCUT2D eigenvalue weighted by molar-refractivity contribution is 0.0759. The minimum absolute atomic E-state index is 0.0874. The Morgan fingerprint density at radius 3 is 3.00 bits per heavy atom. The van der Waals surface area contributed by atoms with E-state index in [1.807, 2.05) is 6.92 Å². The van der Waals surface area contributed by atoms with Gasteiger partial charge in [-0.3, -0.25) is 0 Å². The minimum Gasteiger partial charge on any atom is -0.380 e. The monoisotopic (exact) mass is 205 g/mol. The summed E-state index contributed by atoms with van der Waals surface area (Å²) in [5.41, 5.74) is 0. The van der Waals surface area contributed by atoms with E-state index in [9.17, 15) is 8.42 Å². The summed E-state index contributed by atoms with van der Waals surface area (Å²) in [4.78, 5) is 0. The van der Waals surface area contributed by atoms with Crippen LogP contribution in [0.2, 0.25) is 0 Å². The first-order chi connectivity index (χ1) is 6.09. The third-order valence-corrected chi connectivity index (χ3v) is 5.10. The Kier molecular flexibility index (Phi) is 2.33. The van der Waals surface area contributed by atoms with Crippen LogP contribution in [-0.4, -0.2) is 44.7 Å². The first-order valence-corrected chi connectivity index (χ1v) is 6.36. The Bertz CT molecular complexity index is 288. The zero-order valence-electron chi connectivity index (χ0n) is 7.69. The third kappa shape index (κ3) is 1.73. The second-order valence-electron chi connectivity index (χ2n) is 3.91. The van der Waals surface area contributed by atoms with Gasteiger partial charge in [0.2, 0.25) is 0 Å². The standard InChI is InChI=1S/C8H15NO3S/c1-6-5-13(10,11)8-4-12-3-2-7(8)9-6/h6-9H,2-5H2,1H3. The molecule has 0 aromatic heterocycles. The van der Waals surface area contributed by atoms with Crippen LogP contribution in [0.15, 0.2) is 0 Å². The van der Waals surface area contributed by atoms with Crippen LogP contribution in [0.4, 0.5) is 0 Å². The normalized spacial score (nSPS) is 43.9. The molecule has 2 rings (SSSR count). The Morgan fingerprint density at radius 1 is 1.46 bits per heavy atom. The summed E-state index contributed by atoms with van der Waals surface area (Å²) < 4.78 is 28.6. The maximum absolute atomic E-state index is 11.7. The van der Waals surface area contributed by atoms with E-state index < -0.39 is 9.84 Å². The largest absolute Gasteiger partial charge is 0.380 e. The lowest BCUT2D eigenvalue weighted by Gasteiger charge is -2.38. The molecule has 0 aromatic carbocycles. The molecule has 2 aliphatic heterocycles. The van der Waals surface area contributed by atoms with Crippen LogP contribution in [0.25, 0.3) is 0 Å². The summed E-state index contributed by atoms with van der Waals surface area (Å²) in [6.07, 6.45) is 0.814. The minimum atomic E-state index is -2.92. The molecule has 2 aliphatic rings. The zero-order chi connectivity index (χ0) is 9.47. The van der Waals surface area contributed by atoms with Gasteiger partial charge >= 0.3 is 0 Å². The second-order valence-corrected chi connectivity index (χ2v) is 6.17. The van der Waals surface area contributed by atoms with E-state index in [2.05, 4.69) is 5.32 Å². The molecule has 0 aromatic rings. The van der Waals surface area contributed by atoms with Crippen LogP contribution >= 0.6 is 0 Å². The maximum Gasteiger partial charge on any atom is 0.158 e. The first-order valence-electron chi connectivity index (χ1n) is 4.65. The van der Waals surface area contributed by atoms with Crippen LogP contribution in [-0.2, 0) is 14.6 Å². The van der Waals surface area contributed by atoms with Crippen molar-refractivity contribution in [2.45, 2.75) is 30.7 Å². The Hall–Kier alpha value is -0.130. The highest BCUT2D eigenvalue weighted by molar-refractivity contribution is 7.92. The van der Waals surface area contributed by atoms with Crippen molar-refractivity contribution in [2.24, 2.45) is 0 Å². The van der Waals surface area contributed by atoms with Crippen molar-refractivity contribution in [1.29, 1.82) is 0 Å². The number of nitrogens with one attached hydrogen (secondary N) is 1. The molecule has 76 valence electrons. The van der Waals surface area contributed by atoms with E-state index >= 15 is 0 Å². The molecule has 0 saturated carbocycles. The molecule has 0 spiro atoms. The highest BCUT2D eigenvalue weighted by atomic mass is 32.2. The quantitative estimate of drug-likeness (QED) is 0.582. The van der Waals surface area contributed by atoms with Crippen molar-refractivity contribution in [3.63, 3.8) is 0 Å². The van der Waals surface area contributed by atoms with E-state index in [0.29, 0.717) is 13.2 Å². The van der Waals surface area contributed by atoms with Gasteiger partial charge in [-0.05, 0) is 13.3 Å². The molecule has 0 bridgehead atoms. The van der Waals surface area contributed by atoms with Gasteiger partial charge in [0.1, 0.15) is 5.25 Å². The van der Waals surface area contributed by atoms with Gasteiger partial charge in [0.05, 0.1) is 12.4 Å². The molecule has 0 amide bonds. The third-order valence-electron chi connectivity index (χ3n) is 2.75. The molecule has 2 fully saturated rings. The molecule has 0 radical (unpaired) electrons. The average Bonchev–Trinajstić information content (AvgIpc) is 2.02. The highest BCUT2D eigenvalue weighted by Gasteiger charge is 2.41. The average molecular weight is 205 g/mol. The molecule has 1 N–H and O–H groups in total. The molecule has 2 saturated heterocycles. The molecule has 5 heteroatoms. The SMILES string of the molecule is CC1CS(=O)(=O)C2COCCC2N1. The molecular formula is C8H15NO3S. The molecule has 3 unspecified atom stereocenters. The van der Waals surface area contributed by atoms with E-state index in [4.69, 9.17) is 4.74 Å². The van der Waals surface area contributed by atoms with Crippen molar-refractivity contribution in [1.82, 2.24) is 5.32 Å². The van der Waals surface area contributed by atoms with E-state index in [0.717, 1.165) is 6.42 Å². The predicted molar refractivity (Wildman–Crippen MR) is 49.4 cm³/mol. The fraction of sp³-hybridized carbons (Fsp3) is 1.00. The Balaban J connectivity index is 2.22. The topological polar surface area (TPSA) is 55.4 Å². The Morgan fingerprint density at radius 2 is 2.23 bits per heavy atom. The van der Waals surface area contributed by atoms with Crippen molar-refractivity contribution < 1.29 is 13.2 Å². The van der Waals surface area contributed by atoms with Crippen molar-refractivity contribution in [3.8, 4) is 0 Å². The summed E-state index contributed by atoms with van der Waals surface area (Å²) in [5, 5.41) is 3.01.